The fraction of sp³-hybridized carbons (Fsp3) is 0.407. The molecule has 1 unspecified atom stereocenters. The van der Waals surface area contributed by atoms with Gasteiger partial charge in [-0.1, -0.05) is 30.2 Å². The molecule has 0 radical (unpaired) electrons. The second kappa shape index (κ2) is 11.9. The summed E-state index contributed by atoms with van der Waals surface area (Å²) >= 11 is 2.50. The Morgan fingerprint density at radius 2 is 2.03 bits per heavy atom. The second-order valence-electron chi connectivity index (χ2n) is 9.51. The Hall–Kier alpha value is -3.27. The smallest absolute Gasteiger partial charge is 0.341 e. The zero-order valence-corrected chi connectivity index (χ0v) is 24.4. The van der Waals surface area contributed by atoms with E-state index in [0.29, 0.717) is 17.9 Å². The molecule has 1 aromatic carbocycles. The fourth-order valence-corrected chi connectivity index (χ4v) is 8.08. The topological polar surface area (TPSA) is 124 Å². The maximum Gasteiger partial charge on any atom is 0.341 e. The summed E-state index contributed by atoms with van der Waals surface area (Å²) in [6, 6.07) is 5.72. The molecule has 0 spiro atoms. The number of nitrogens with one attached hydrogen (secondary N) is 1. The maximum atomic E-state index is 12.8. The van der Waals surface area contributed by atoms with Crippen LogP contribution in [0, 0.1) is 25.2 Å². The molecule has 206 valence electrons. The molecule has 2 heterocycles. The molecule has 1 N–H and O–H groups in total. The fourth-order valence-electron chi connectivity index (χ4n) is 4.51. The summed E-state index contributed by atoms with van der Waals surface area (Å²) in [5, 5.41) is 2.86. The molecule has 0 aliphatic heterocycles. The molecule has 2 amide bonds. The molecule has 12 heteroatoms. The van der Waals surface area contributed by atoms with Gasteiger partial charge in [0.05, 0.1) is 28.9 Å². The molecule has 0 fully saturated rings. The van der Waals surface area contributed by atoms with Gasteiger partial charge in [0.15, 0.2) is 14.6 Å². The number of carbonyl (C=O) groups excluding carboxylic acids is 3. The number of aromatic nitrogens is 1. The highest BCUT2D eigenvalue weighted by Crippen LogP contribution is 2.40. The Kier molecular flexibility index (Phi) is 8.73. The number of terminal acetylenes is 1. The predicted octanol–water partition coefficient (Wildman–Crippen LogP) is 3.49. The van der Waals surface area contributed by atoms with Gasteiger partial charge in [-0.2, -0.15) is 4.99 Å². The number of aryl methyl sites for hydroxylation is 1. The molecular weight excluding hydrogens is 559 g/mol. The molecule has 2 aromatic heterocycles. The third-order valence-electron chi connectivity index (χ3n) is 6.25. The van der Waals surface area contributed by atoms with Gasteiger partial charge in [0.2, 0.25) is 5.91 Å². The largest absolute Gasteiger partial charge is 0.462 e. The first-order valence-corrected chi connectivity index (χ1v) is 15.9. The van der Waals surface area contributed by atoms with Crippen LogP contribution < -0.4 is 10.1 Å². The average Bonchev–Trinajstić information content (AvgIpc) is 3.34. The van der Waals surface area contributed by atoms with Crippen molar-refractivity contribution in [3.8, 4) is 12.3 Å². The highest BCUT2D eigenvalue weighted by atomic mass is 32.2. The van der Waals surface area contributed by atoms with Crippen LogP contribution in [0.5, 0.6) is 0 Å². The van der Waals surface area contributed by atoms with Crippen molar-refractivity contribution in [1.29, 1.82) is 0 Å². The van der Waals surface area contributed by atoms with Crippen LogP contribution in [0.1, 0.15) is 46.6 Å². The number of hydrogen-bond donors (Lipinski definition) is 1. The van der Waals surface area contributed by atoms with E-state index in [1.54, 1.807) is 11.5 Å². The quantitative estimate of drug-likeness (QED) is 0.318. The number of esters is 1. The SMILES string of the molecule is C#CCn1c(=NC(=O)CS(=O)(=O)CC(=O)Nc2sc3c(c2C(=O)OCC)CCC(C)C3)sc2cc(C)ccc21. The van der Waals surface area contributed by atoms with Gasteiger partial charge in [0, 0.05) is 4.88 Å². The molecule has 4 rings (SSSR count). The van der Waals surface area contributed by atoms with Crippen molar-refractivity contribution in [2.75, 3.05) is 23.4 Å². The van der Waals surface area contributed by atoms with Gasteiger partial charge in [-0.15, -0.1) is 17.8 Å². The minimum atomic E-state index is -4.15. The van der Waals surface area contributed by atoms with Crippen LogP contribution in [0.25, 0.3) is 10.2 Å². The highest BCUT2D eigenvalue weighted by molar-refractivity contribution is 7.92. The van der Waals surface area contributed by atoms with Gasteiger partial charge >= 0.3 is 5.97 Å². The van der Waals surface area contributed by atoms with E-state index in [2.05, 4.69) is 23.2 Å². The lowest BCUT2D eigenvalue weighted by molar-refractivity contribution is -0.115. The average molecular weight is 588 g/mol. The number of thiazole rings is 1. The van der Waals surface area contributed by atoms with Crippen molar-refractivity contribution in [3.05, 3.63) is 44.6 Å². The minimum Gasteiger partial charge on any atom is -0.462 e. The molecule has 9 nitrogen and oxygen atoms in total. The molecule has 0 bridgehead atoms. The van der Waals surface area contributed by atoms with Crippen LogP contribution in [0.3, 0.4) is 0 Å². The van der Waals surface area contributed by atoms with Crippen molar-refractivity contribution < 1.29 is 27.5 Å². The summed E-state index contributed by atoms with van der Waals surface area (Å²) in [5.41, 5.74) is 2.96. The Balaban J connectivity index is 1.52. The monoisotopic (exact) mass is 587 g/mol. The second-order valence-corrected chi connectivity index (χ2v) is 13.7. The minimum absolute atomic E-state index is 0.163. The predicted molar refractivity (Wildman–Crippen MR) is 153 cm³/mol. The van der Waals surface area contributed by atoms with Crippen LogP contribution in [-0.4, -0.2) is 48.9 Å². The lowest BCUT2D eigenvalue weighted by Crippen LogP contribution is -2.28. The first kappa shape index (κ1) is 28.7. The van der Waals surface area contributed by atoms with Crippen LogP contribution >= 0.6 is 22.7 Å². The molecule has 1 aliphatic carbocycles. The van der Waals surface area contributed by atoms with Crippen molar-refractivity contribution >= 4 is 65.5 Å². The number of carbonyl (C=O) groups is 3. The number of thiophene rings is 1. The van der Waals surface area contributed by atoms with Crippen molar-refractivity contribution in [3.63, 3.8) is 0 Å². The van der Waals surface area contributed by atoms with Crippen LogP contribution in [-0.2, 0) is 43.5 Å². The zero-order chi connectivity index (χ0) is 28.3. The van der Waals surface area contributed by atoms with E-state index in [0.717, 1.165) is 39.1 Å². The number of rotatable bonds is 8. The van der Waals surface area contributed by atoms with Gasteiger partial charge in [-0.05, 0) is 62.3 Å². The van der Waals surface area contributed by atoms with Crippen LogP contribution in [0.4, 0.5) is 5.00 Å². The highest BCUT2D eigenvalue weighted by Gasteiger charge is 2.30. The molecule has 1 aliphatic rings. The van der Waals surface area contributed by atoms with Crippen LogP contribution in [0.2, 0.25) is 0 Å². The number of ether oxygens (including phenoxy) is 1. The molecule has 1 atom stereocenters. The third kappa shape index (κ3) is 6.66. The summed E-state index contributed by atoms with van der Waals surface area (Å²) in [6.45, 7) is 6.09. The van der Waals surface area contributed by atoms with Crippen molar-refractivity contribution in [1.82, 2.24) is 4.57 Å². The summed E-state index contributed by atoms with van der Waals surface area (Å²) in [4.78, 5) is 43.4. The van der Waals surface area contributed by atoms with E-state index in [-0.39, 0.29) is 23.0 Å². The standard InChI is InChI=1S/C27H29N3O6S3/c1-5-11-30-19-10-8-17(4)13-21(19)38-27(30)29-23(32)15-39(34,35)14-22(31)28-25-24(26(33)36-6-2)18-9-7-16(3)12-20(18)37-25/h1,8,10,13,16H,6-7,9,11-12,14-15H2,2-4H3,(H,28,31). The van der Waals surface area contributed by atoms with Gasteiger partial charge in [-0.3, -0.25) is 9.59 Å². The molecular formula is C27H29N3O6S3. The Morgan fingerprint density at radius 3 is 2.74 bits per heavy atom. The van der Waals surface area contributed by atoms with Gasteiger partial charge in [-0.25, -0.2) is 13.2 Å². The molecule has 3 aromatic rings. The summed E-state index contributed by atoms with van der Waals surface area (Å²) in [7, 11) is -4.15. The third-order valence-corrected chi connectivity index (χ3v) is 9.85. The molecule has 0 saturated heterocycles. The van der Waals surface area contributed by atoms with Gasteiger partial charge < -0.3 is 14.6 Å². The van der Waals surface area contributed by atoms with Crippen molar-refractivity contribution in [2.24, 2.45) is 10.9 Å². The number of fused-ring (bicyclic) bond motifs is 2. The number of benzene rings is 1. The van der Waals surface area contributed by atoms with E-state index >= 15 is 0 Å². The lowest BCUT2D eigenvalue weighted by atomic mass is 9.88. The van der Waals surface area contributed by atoms with Crippen LogP contribution in [0.15, 0.2) is 23.2 Å². The van der Waals surface area contributed by atoms with Gasteiger partial charge in [0.25, 0.3) is 5.91 Å². The summed E-state index contributed by atoms with van der Waals surface area (Å²) < 4.78 is 33.2. The zero-order valence-electron chi connectivity index (χ0n) is 21.9. The summed E-state index contributed by atoms with van der Waals surface area (Å²) in [5.74, 6) is -1.18. The number of hydrogen-bond acceptors (Lipinski definition) is 8. The maximum absolute atomic E-state index is 12.8. The molecule has 0 saturated carbocycles. The van der Waals surface area contributed by atoms with E-state index in [1.165, 1.54) is 22.7 Å². The molecule has 39 heavy (non-hydrogen) atoms. The van der Waals surface area contributed by atoms with Gasteiger partial charge in [0.1, 0.15) is 16.5 Å². The number of sulfone groups is 1. The normalized spacial score (nSPS) is 15.5. The Labute approximate surface area is 234 Å². The number of nitrogens with zero attached hydrogens (tertiary/aromatic N) is 2. The van der Waals surface area contributed by atoms with E-state index < -0.39 is 39.1 Å². The summed E-state index contributed by atoms with van der Waals surface area (Å²) in [6.07, 6.45) is 7.85. The first-order valence-electron chi connectivity index (χ1n) is 12.4. The number of anilines is 1. The first-order chi connectivity index (χ1) is 18.5. The van der Waals surface area contributed by atoms with E-state index in [9.17, 15) is 22.8 Å². The number of amides is 2. The van der Waals surface area contributed by atoms with Crippen molar-refractivity contribution in [2.45, 2.75) is 46.6 Å². The van der Waals surface area contributed by atoms with E-state index in [4.69, 9.17) is 11.2 Å². The Bertz CT molecular complexity index is 1670. The lowest BCUT2D eigenvalue weighted by Gasteiger charge is -2.18. The Morgan fingerprint density at radius 1 is 1.26 bits per heavy atom. The van der Waals surface area contributed by atoms with E-state index in [1.807, 2.05) is 25.1 Å².